The van der Waals surface area contributed by atoms with Crippen LogP contribution in [0.25, 0.3) is 0 Å². The van der Waals surface area contributed by atoms with E-state index in [-0.39, 0.29) is 6.61 Å². The van der Waals surface area contributed by atoms with Crippen LogP contribution in [0.1, 0.15) is 13.8 Å². The third-order valence-corrected chi connectivity index (χ3v) is 2.16. The Kier molecular flexibility index (Phi) is 4.78. The molecule has 0 spiro atoms. The van der Waals surface area contributed by atoms with Crippen LogP contribution in [0.5, 0.6) is 5.88 Å². The summed E-state index contributed by atoms with van der Waals surface area (Å²) in [7, 11) is 0. The zero-order chi connectivity index (χ0) is 12.0. The minimum Gasteiger partial charge on any atom is -0.476 e. The Bertz CT molecular complexity index is 333. The van der Waals surface area contributed by atoms with Crippen molar-refractivity contribution in [3.05, 3.63) is 6.33 Å². The maximum atomic E-state index is 8.94. The van der Waals surface area contributed by atoms with Gasteiger partial charge in [-0.2, -0.15) is 4.98 Å². The number of ether oxygens (including phenoxy) is 1. The van der Waals surface area contributed by atoms with Crippen LogP contribution in [0.4, 0.5) is 11.5 Å². The Morgan fingerprint density at radius 1 is 1.44 bits per heavy atom. The van der Waals surface area contributed by atoms with Gasteiger partial charge >= 0.3 is 0 Å². The van der Waals surface area contributed by atoms with Gasteiger partial charge in [-0.25, -0.2) is 4.98 Å². The molecule has 0 amide bonds. The molecule has 0 atom stereocenters. The molecule has 0 fully saturated rings. The fourth-order valence-corrected chi connectivity index (χ4v) is 1.41. The first-order valence-corrected chi connectivity index (χ1v) is 5.33. The van der Waals surface area contributed by atoms with Gasteiger partial charge in [0.05, 0.1) is 13.2 Å². The second-order valence-electron chi connectivity index (χ2n) is 3.15. The average molecular weight is 226 g/mol. The highest BCUT2D eigenvalue weighted by Crippen LogP contribution is 2.27. The lowest BCUT2D eigenvalue weighted by atomic mass is 10.4. The van der Waals surface area contributed by atoms with E-state index in [0.717, 1.165) is 0 Å². The van der Waals surface area contributed by atoms with Crippen LogP contribution in [0.15, 0.2) is 6.33 Å². The van der Waals surface area contributed by atoms with Crippen molar-refractivity contribution >= 4 is 11.5 Å². The fourth-order valence-electron chi connectivity index (χ4n) is 1.41. The van der Waals surface area contributed by atoms with Crippen molar-refractivity contribution in [2.45, 2.75) is 13.8 Å². The number of rotatable bonds is 6. The van der Waals surface area contributed by atoms with Crippen LogP contribution in [-0.4, -0.2) is 41.4 Å². The zero-order valence-corrected chi connectivity index (χ0v) is 9.68. The molecule has 0 aliphatic rings. The van der Waals surface area contributed by atoms with Crippen molar-refractivity contribution in [2.75, 3.05) is 36.9 Å². The van der Waals surface area contributed by atoms with Gasteiger partial charge in [0.1, 0.15) is 12.0 Å². The van der Waals surface area contributed by atoms with E-state index in [9.17, 15) is 0 Å². The van der Waals surface area contributed by atoms with Crippen LogP contribution in [0.2, 0.25) is 0 Å². The first kappa shape index (κ1) is 12.5. The summed E-state index contributed by atoms with van der Waals surface area (Å²) in [4.78, 5) is 9.94. The standard InChI is InChI=1S/C10H18N4O2/c1-3-14(5-6-15)9-8(11)10(16-4-2)13-7-12-9/h7,15H,3-6,11H2,1-2H3. The number of nitrogens with zero attached hydrogens (tertiary/aromatic N) is 3. The number of likely N-dealkylation sites (N-methyl/N-ethyl adjacent to an activating group) is 1. The average Bonchev–Trinajstić information content (AvgIpc) is 2.30. The molecule has 6 heteroatoms. The molecule has 1 rings (SSSR count). The number of hydrogen-bond donors (Lipinski definition) is 2. The molecule has 1 aromatic rings. The van der Waals surface area contributed by atoms with Crippen LogP contribution < -0.4 is 15.4 Å². The van der Waals surface area contributed by atoms with Gasteiger partial charge < -0.3 is 20.5 Å². The summed E-state index contributed by atoms with van der Waals surface area (Å²) < 4.78 is 5.28. The Morgan fingerprint density at radius 2 is 2.19 bits per heavy atom. The number of aliphatic hydroxyl groups excluding tert-OH is 1. The Hall–Kier alpha value is -1.56. The summed E-state index contributed by atoms with van der Waals surface area (Å²) in [5, 5.41) is 8.94. The number of aromatic nitrogens is 2. The summed E-state index contributed by atoms with van der Waals surface area (Å²) in [5.74, 6) is 0.999. The number of anilines is 2. The van der Waals surface area contributed by atoms with Crippen LogP contribution in [0, 0.1) is 0 Å². The third kappa shape index (κ3) is 2.73. The molecule has 0 aliphatic heterocycles. The lowest BCUT2D eigenvalue weighted by Gasteiger charge is -2.22. The molecule has 1 aromatic heterocycles. The van der Waals surface area contributed by atoms with Crippen molar-refractivity contribution in [3.63, 3.8) is 0 Å². The summed E-state index contributed by atoms with van der Waals surface area (Å²) in [6, 6.07) is 0. The first-order chi connectivity index (χ1) is 7.74. The Labute approximate surface area is 95.1 Å². The van der Waals surface area contributed by atoms with Gasteiger partial charge in [-0.1, -0.05) is 0 Å². The number of aliphatic hydroxyl groups is 1. The summed E-state index contributed by atoms with van der Waals surface area (Å²) in [6.07, 6.45) is 1.41. The molecule has 0 aliphatic carbocycles. The topological polar surface area (TPSA) is 84.5 Å². The number of nitrogen functional groups attached to an aromatic ring is 1. The highest BCUT2D eigenvalue weighted by Gasteiger charge is 2.13. The molecule has 0 saturated heterocycles. The van der Waals surface area contributed by atoms with E-state index in [2.05, 4.69) is 9.97 Å². The van der Waals surface area contributed by atoms with Gasteiger partial charge in [0, 0.05) is 13.1 Å². The van der Waals surface area contributed by atoms with E-state index in [1.165, 1.54) is 6.33 Å². The highest BCUT2D eigenvalue weighted by molar-refractivity contribution is 5.67. The van der Waals surface area contributed by atoms with Crippen LogP contribution in [-0.2, 0) is 0 Å². The maximum absolute atomic E-state index is 8.94. The van der Waals surface area contributed by atoms with Crippen molar-refractivity contribution in [1.82, 2.24) is 9.97 Å². The number of nitrogens with two attached hydrogens (primary N) is 1. The van der Waals surface area contributed by atoms with E-state index in [1.807, 2.05) is 18.7 Å². The van der Waals surface area contributed by atoms with Crippen LogP contribution in [0.3, 0.4) is 0 Å². The molecule has 0 unspecified atom stereocenters. The van der Waals surface area contributed by atoms with Crippen LogP contribution >= 0.6 is 0 Å². The highest BCUT2D eigenvalue weighted by atomic mass is 16.5. The molecule has 1 heterocycles. The predicted molar refractivity (Wildman–Crippen MR) is 62.6 cm³/mol. The monoisotopic (exact) mass is 226 g/mol. The molecule has 90 valence electrons. The summed E-state index contributed by atoms with van der Waals surface area (Å²) >= 11 is 0. The van der Waals surface area contributed by atoms with E-state index in [0.29, 0.717) is 37.1 Å². The molecule has 3 N–H and O–H groups in total. The molecular formula is C10H18N4O2. The molecule has 6 nitrogen and oxygen atoms in total. The predicted octanol–water partition coefficient (Wildman–Crippen LogP) is 0.276. The van der Waals surface area contributed by atoms with Crippen molar-refractivity contribution in [2.24, 2.45) is 0 Å². The molecule has 16 heavy (non-hydrogen) atoms. The summed E-state index contributed by atoms with van der Waals surface area (Å²) in [5.41, 5.74) is 6.32. The fraction of sp³-hybridized carbons (Fsp3) is 0.600. The van der Waals surface area contributed by atoms with Gasteiger partial charge in [0.2, 0.25) is 5.88 Å². The number of hydrogen-bond acceptors (Lipinski definition) is 6. The van der Waals surface area contributed by atoms with E-state index in [1.54, 1.807) is 0 Å². The Balaban J connectivity index is 2.98. The quantitative estimate of drug-likeness (QED) is 0.724. The molecule has 0 bridgehead atoms. The Morgan fingerprint density at radius 3 is 2.75 bits per heavy atom. The third-order valence-electron chi connectivity index (χ3n) is 2.16. The largest absolute Gasteiger partial charge is 0.476 e. The maximum Gasteiger partial charge on any atom is 0.242 e. The smallest absolute Gasteiger partial charge is 0.242 e. The minimum atomic E-state index is 0.0568. The summed E-state index contributed by atoms with van der Waals surface area (Å²) in [6.45, 7) is 5.61. The first-order valence-electron chi connectivity index (χ1n) is 5.33. The van der Waals surface area contributed by atoms with E-state index >= 15 is 0 Å². The SMILES string of the molecule is CCOc1ncnc(N(CC)CCO)c1N. The van der Waals surface area contributed by atoms with Gasteiger partial charge in [0.25, 0.3) is 0 Å². The van der Waals surface area contributed by atoms with Gasteiger partial charge in [0.15, 0.2) is 5.82 Å². The molecule has 0 radical (unpaired) electrons. The molecular weight excluding hydrogens is 208 g/mol. The lowest BCUT2D eigenvalue weighted by Crippen LogP contribution is -2.28. The van der Waals surface area contributed by atoms with E-state index < -0.39 is 0 Å². The lowest BCUT2D eigenvalue weighted by molar-refractivity contribution is 0.301. The molecule has 0 saturated carbocycles. The normalized spacial score (nSPS) is 10.2. The van der Waals surface area contributed by atoms with Gasteiger partial charge in [-0.05, 0) is 13.8 Å². The second kappa shape index (κ2) is 6.12. The van der Waals surface area contributed by atoms with Crippen molar-refractivity contribution in [1.29, 1.82) is 0 Å². The van der Waals surface area contributed by atoms with Gasteiger partial charge in [-0.3, -0.25) is 0 Å². The zero-order valence-electron chi connectivity index (χ0n) is 9.68. The van der Waals surface area contributed by atoms with Crippen molar-refractivity contribution < 1.29 is 9.84 Å². The van der Waals surface area contributed by atoms with Crippen molar-refractivity contribution in [3.8, 4) is 5.88 Å². The van der Waals surface area contributed by atoms with Gasteiger partial charge in [-0.15, -0.1) is 0 Å². The minimum absolute atomic E-state index is 0.0568. The molecule has 0 aromatic carbocycles. The van der Waals surface area contributed by atoms with E-state index in [4.69, 9.17) is 15.6 Å². The second-order valence-corrected chi connectivity index (χ2v) is 3.15.